The Morgan fingerprint density at radius 3 is 3.00 bits per heavy atom. The summed E-state index contributed by atoms with van der Waals surface area (Å²) in [7, 11) is 0. The number of nitrogens with zero attached hydrogens (tertiary/aromatic N) is 1. The van der Waals surface area contributed by atoms with Gasteiger partial charge in [0.15, 0.2) is 5.69 Å². The van der Waals surface area contributed by atoms with E-state index < -0.39 is 10.8 Å². The minimum Gasteiger partial charge on any atom is -0.489 e. The molecule has 7 nitrogen and oxygen atoms in total. The van der Waals surface area contributed by atoms with E-state index in [0.29, 0.717) is 13.0 Å². The first-order valence-electron chi connectivity index (χ1n) is 5.65. The quantitative estimate of drug-likeness (QED) is 0.485. The molecule has 0 radical (unpaired) electrons. The van der Waals surface area contributed by atoms with E-state index in [9.17, 15) is 14.9 Å². The molecule has 1 aliphatic rings. The average molecular weight is 263 g/mol. The van der Waals surface area contributed by atoms with E-state index in [2.05, 4.69) is 11.9 Å². The van der Waals surface area contributed by atoms with E-state index in [1.807, 2.05) is 0 Å². The third-order valence-corrected chi connectivity index (χ3v) is 2.80. The first-order valence-corrected chi connectivity index (χ1v) is 5.65. The Hall–Kier alpha value is -2.57. The number of ether oxygens (including phenoxy) is 1. The van der Waals surface area contributed by atoms with E-state index in [1.165, 1.54) is 6.07 Å². The number of carbonyl (C=O) groups excluding carboxylic acids is 1. The minimum absolute atomic E-state index is 0.0504. The molecule has 1 aliphatic heterocycles. The molecule has 1 amide bonds. The normalized spacial score (nSPS) is 16.7. The number of nitro benzene ring substituents is 1. The molecule has 7 heteroatoms. The van der Waals surface area contributed by atoms with Crippen LogP contribution in [0.25, 0.3) is 0 Å². The number of hydrogen-bond acceptors (Lipinski definition) is 5. The maximum absolute atomic E-state index is 11.1. The predicted octanol–water partition coefficient (Wildman–Crippen LogP) is 1.44. The van der Waals surface area contributed by atoms with Crippen LogP contribution in [0.2, 0.25) is 0 Å². The van der Waals surface area contributed by atoms with Crippen molar-refractivity contribution in [2.45, 2.75) is 12.5 Å². The summed E-state index contributed by atoms with van der Waals surface area (Å²) in [6.45, 7) is 3.96. The number of carbonyl (C=O) groups is 1. The van der Waals surface area contributed by atoms with Crippen molar-refractivity contribution in [1.29, 1.82) is 0 Å². The van der Waals surface area contributed by atoms with Crippen LogP contribution in [0.4, 0.5) is 11.4 Å². The van der Waals surface area contributed by atoms with Crippen LogP contribution in [0.1, 0.15) is 16.8 Å². The third-order valence-electron chi connectivity index (χ3n) is 2.80. The summed E-state index contributed by atoms with van der Waals surface area (Å²) in [4.78, 5) is 21.6. The fourth-order valence-electron chi connectivity index (χ4n) is 1.91. The summed E-state index contributed by atoms with van der Waals surface area (Å²) in [6, 6.07) is 2.47. The van der Waals surface area contributed by atoms with Crippen molar-refractivity contribution < 1.29 is 14.5 Å². The zero-order valence-corrected chi connectivity index (χ0v) is 10.1. The van der Waals surface area contributed by atoms with Gasteiger partial charge in [-0.05, 0) is 12.5 Å². The topological polar surface area (TPSA) is 107 Å². The van der Waals surface area contributed by atoms with Crippen molar-refractivity contribution in [2.75, 3.05) is 11.9 Å². The van der Waals surface area contributed by atoms with Gasteiger partial charge < -0.3 is 15.8 Å². The first-order chi connectivity index (χ1) is 9.02. The minimum atomic E-state index is -0.734. The number of anilines is 1. The first kappa shape index (κ1) is 12.9. The monoisotopic (exact) mass is 263 g/mol. The smallest absolute Gasteiger partial charge is 0.296 e. The Morgan fingerprint density at radius 2 is 2.42 bits per heavy atom. The van der Waals surface area contributed by atoms with Gasteiger partial charge in [0.25, 0.3) is 5.69 Å². The molecule has 0 saturated carbocycles. The molecule has 1 unspecified atom stereocenters. The molecule has 1 aromatic rings. The third kappa shape index (κ3) is 2.49. The molecule has 19 heavy (non-hydrogen) atoms. The van der Waals surface area contributed by atoms with Gasteiger partial charge in [-0.2, -0.15) is 0 Å². The van der Waals surface area contributed by atoms with Crippen LogP contribution in [0.5, 0.6) is 5.75 Å². The number of amides is 1. The highest BCUT2D eigenvalue weighted by Gasteiger charge is 2.28. The molecular formula is C12H13N3O4. The number of nitrogens with two attached hydrogens (primary N) is 1. The molecule has 0 saturated heterocycles. The van der Waals surface area contributed by atoms with Gasteiger partial charge in [-0.3, -0.25) is 14.9 Å². The zero-order chi connectivity index (χ0) is 14.0. The van der Waals surface area contributed by atoms with Crippen LogP contribution in [-0.2, 0) is 0 Å². The molecule has 3 N–H and O–H groups in total. The number of rotatable bonds is 4. The van der Waals surface area contributed by atoms with Gasteiger partial charge in [0.2, 0.25) is 5.91 Å². The van der Waals surface area contributed by atoms with Gasteiger partial charge in [0, 0.05) is 11.6 Å². The second kappa shape index (κ2) is 4.97. The fraction of sp³-hybridized carbons (Fsp3) is 0.250. The highest BCUT2D eigenvalue weighted by molar-refractivity contribution is 5.95. The molecule has 0 aromatic heterocycles. The van der Waals surface area contributed by atoms with Gasteiger partial charge >= 0.3 is 0 Å². The summed E-state index contributed by atoms with van der Waals surface area (Å²) in [6.07, 6.45) is 2.32. The van der Waals surface area contributed by atoms with Crippen molar-refractivity contribution in [3.63, 3.8) is 0 Å². The highest BCUT2D eigenvalue weighted by atomic mass is 16.6. The largest absolute Gasteiger partial charge is 0.489 e. The molecule has 0 fully saturated rings. The van der Waals surface area contributed by atoms with E-state index in [0.717, 1.165) is 6.07 Å². The predicted molar refractivity (Wildman–Crippen MR) is 69.3 cm³/mol. The second-order valence-corrected chi connectivity index (χ2v) is 4.17. The van der Waals surface area contributed by atoms with Crippen LogP contribution in [0.3, 0.4) is 0 Å². The molecule has 1 heterocycles. The number of benzene rings is 1. The van der Waals surface area contributed by atoms with Gasteiger partial charge in [0.05, 0.1) is 11.0 Å². The Balaban J connectivity index is 2.47. The number of nitro groups is 1. The van der Waals surface area contributed by atoms with Crippen LogP contribution in [-0.4, -0.2) is 23.5 Å². The zero-order valence-electron chi connectivity index (χ0n) is 10.1. The summed E-state index contributed by atoms with van der Waals surface area (Å²) >= 11 is 0. The van der Waals surface area contributed by atoms with Gasteiger partial charge in [0.1, 0.15) is 12.4 Å². The number of nitrogens with one attached hydrogen (secondary N) is 1. The summed E-state index contributed by atoms with van der Waals surface area (Å²) in [5.41, 5.74) is 5.24. The van der Waals surface area contributed by atoms with Crippen molar-refractivity contribution in [3.05, 3.63) is 40.5 Å². The van der Waals surface area contributed by atoms with Crippen molar-refractivity contribution in [1.82, 2.24) is 0 Å². The van der Waals surface area contributed by atoms with E-state index in [1.54, 1.807) is 6.08 Å². The van der Waals surface area contributed by atoms with Crippen molar-refractivity contribution >= 4 is 17.3 Å². The van der Waals surface area contributed by atoms with Gasteiger partial charge in [-0.1, -0.05) is 6.08 Å². The number of hydrogen-bond donors (Lipinski definition) is 2. The Kier molecular flexibility index (Phi) is 3.37. The maximum atomic E-state index is 11.1. The average Bonchev–Trinajstić information content (AvgIpc) is 2.37. The Bertz CT molecular complexity index is 556. The molecule has 2 rings (SSSR count). The SMILES string of the molecule is C=CCC1COc2cc(C(N)=O)cc([N+](=O)[O-])c2N1. The van der Waals surface area contributed by atoms with Crippen LogP contribution >= 0.6 is 0 Å². The lowest BCUT2D eigenvalue weighted by Crippen LogP contribution is -2.31. The van der Waals surface area contributed by atoms with Crippen LogP contribution in [0, 0.1) is 10.1 Å². The van der Waals surface area contributed by atoms with Gasteiger partial charge in [-0.25, -0.2) is 0 Å². The molecule has 1 atom stereocenters. The molecule has 0 spiro atoms. The lowest BCUT2D eigenvalue weighted by Gasteiger charge is -2.26. The van der Waals surface area contributed by atoms with Gasteiger partial charge in [-0.15, -0.1) is 6.58 Å². The van der Waals surface area contributed by atoms with E-state index >= 15 is 0 Å². The second-order valence-electron chi connectivity index (χ2n) is 4.17. The molecular weight excluding hydrogens is 250 g/mol. The summed E-state index contributed by atoms with van der Waals surface area (Å²) in [5.74, 6) is -0.467. The fourth-order valence-corrected chi connectivity index (χ4v) is 1.91. The van der Waals surface area contributed by atoms with Crippen LogP contribution < -0.4 is 15.8 Å². The maximum Gasteiger partial charge on any atom is 0.296 e. The molecule has 100 valence electrons. The standard InChI is InChI=1S/C12H13N3O4/c1-2-3-8-6-19-10-5-7(12(13)16)4-9(15(17)18)11(10)14-8/h2,4-5,8,14H,1,3,6H2,(H2,13,16). The summed E-state index contributed by atoms with van der Waals surface area (Å²) < 4.78 is 5.45. The lowest BCUT2D eigenvalue weighted by molar-refractivity contribution is -0.384. The number of primary amides is 1. The molecule has 1 aromatic carbocycles. The van der Waals surface area contributed by atoms with E-state index in [-0.39, 0.29) is 28.7 Å². The van der Waals surface area contributed by atoms with E-state index in [4.69, 9.17) is 10.5 Å². The Morgan fingerprint density at radius 1 is 1.68 bits per heavy atom. The highest BCUT2D eigenvalue weighted by Crippen LogP contribution is 2.39. The number of fused-ring (bicyclic) bond motifs is 1. The molecule has 0 aliphatic carbocycles. The lowest BCUT2D eigenvalue weighted by atomic mass is 10.1. The van der Waals surface area contributed by atoms with Crippen LogP contribution in [0.15, 0.2) is 24.8 Å². The van der Waals surface area contributed by atoms with Crippen molar-refractivity contribution in [3.8, 4) is 5.75 Å². The Labute approximate surface area is 109 Å². The van der Waals surface area contributed by atoms with Crippen molar-refractivity contribution in [2.24, 2.45) is 5.73 Å². The molecule has 0 bridgehead atoms. The summed E-state index contributed by atoms with van der Waals surface area (Å²) in [5, 5.41) is 14.1.